The third-order valence-electron chi connectivity index (χ3n) is 3.67. The first-order chi connectivity index (χ1) is 8.16. The molecule has 2 N–H and O–H groups in total. The van der Waals surface area contributed by atoms with Crippen LogP contribution in [0.1, 0.15) is 57.3 Å². The van der Waals surface area contributed by atoms with Crippen LogP contribution in [0.25, 0.3) is 10.3 Å². The molecule has 1 fully saturated rings. The zero-order valence-electron chi connectivity index (χ0n) is 10.4. The van der Waals surface area contributed by atoms with Crippen LogP contribution in [0.5, 0.6) is 0 Å². The largest absolute Gasteiger partial charge is 0.390 e. The van der Waals surface area contributed by atoms with Crippen LogP contribution < -0.4 is 5.73 Å². The molecule has 0 saturated heterocycles. The van der Waals surface area contributed by atoms with Gasteiger partial charge in [-0.05, 0) is 32.8 Å². The maximum Gasteiger partial charge on any atom is 0.143 e. The van der Waals surface area contributed by atoms with E-state index in [0.29, 0.717) is 12.0 Å². The number of anilines is 1. The van der Waals surface area contributed by atoms with Gasteiger partial charge in [0.25, 0.3) is 0 Å². The van der Waals surface area contributed by atoms with Crippen molar-refractivity contribution in [3.63, 3.8) is 0 Å². The fourth-order valence-corrected chi connectivity index (χ4v) is 3.73. The van der Waals surface area contributed by atoms with Gasteiger partial charge in [-0.25, -0.2) is 4.98 Å². The second-order valence-electron chi connectivity index (χ2n) is 5.25. The Morgan fingerprint density at radius 3 is 2.76 bits per heavy atom. The summed E-state index contributed by atoms with van der Waals surface area (Å²) in [6.45, 7) is 4.46. The van der Waals surface area contributed by atoms with E-state index in [0.717, 1.165) is 9.83 Å². The van der Waals surface area contributed by atoms with Gasteiger partial charge in [-0.1, -0.05) is 24.2 Å². The van der Waals surface area contributed by atoms with Crippen molar-refractivity contribution in [2.24, 2.45) is 0 Å². The maximum absolute atomic E-state index is 5.87. The quantitative estimate of drug-likeness (QED) is 0.876. The second kappa shape index (κ2) is 4.02. The topological polar surface area (TPSA) is 43.8 Å². The number of fused-ring (bicyclic) bond motifs is 1. The van der Waals surface area contributed by atoms with Crippen molar-refractivity contribution in [1.82, 2.24) is 9.55 Å². The van der Waals surface area contributed by atoms with E-state index in [1.165, 1.54) is 37.0 Å². The van der Waals surface area contributed by atoms with Gasteiger partial charge < -0.3 is 10.3 Å². The fourth-order valence-electron chi connectivity index (χ4n) is 2.94. The number of aromatic nitrogens is 2. The zero-order valence-corrected chi connectivity index (χ0v) is 11.3. The molecule has 0 spiro atoms. The molecular weight excluding hydrogens is 230 g/mol. The highest BCUT2D eigenvalue weighted by Crippen LogP contribution is 2.38. The second-order valence-corrected chi connectivity index (χ2v) is 6.32. The molecule has 0 radical (unpaired) electrons. The fraction of sp³-hybridized carbons (Fsp3) is 0.615. The number of hydrogen-bond donors (Lipinski definition) is 1. The molecule has 2 aromatic heterocycles. The predicted molar refractivity (Wildman–Crippen MR) is 73.6 cm³/mol. The summed E-state index contributed by atoms with van der Waals surface area (Å²) in [5.41, 5.74) is 7.10. The lowest BCUT2D eigenvalue weighted by Gasteiger charge is -2.16. The third kappa shape index (κ3) is 1.75. The van der Waals surface area contributed by atoms with E-state index in [1.54, 1.807) is 11.3 Å². The molecule has 92 valence electrons. The molecule has 2 aromatic rings. The first-order valence-electron chi connectivity index (χ1n) is 6.44. The van der Waals surface area contributed by atoms with Gasteiger partial charge in [0.2, 0.25) is 0 Å². The first-order valence-corrected chi connectivity index (χ1v) is 7.25. The Labute approximate surface area is 106 Å². The Morgan fingerprint density at radius 2 is 2.12 bits per heavy atom. The SMILES string of the molecule is CC(C)n1c(C2CCCC2)nc2sc(N)cc21. The third-order valence-corrected chi connectivity index (χ3v) is 4.52. The minimum Gasteiger partial charge on any atom is -0.390 e. The zero-order chi connectivity index (χ0) is 12.0. The Morgan fingerprint density at radius 1 is 1.41 bits per heavy atom. The van der Waals surface area contributed by atoms with Crippen LogP contribution in [0, 0.1) is 0 Å². The van der Waals surface area contributed by atoms with E-state index in [9.17, 15) is 0 Å². The van der Waals surface area contributed by atoms with Crippen LogP contribution in [0.3, 0.4) is 0 Å². The lowest BCUT2D eigenvalue weighted by atomic mass is 10.1. The van der Waals surface area contributed by atoms with Crippen LogP contribution >= 0.6 is 11.3 Å². The normalized spacial score (nSPS) is 17.6. The van der Waals surface area contributed by atoms with Gasteiger partial charge in [0.15, 0.2) is 0 Å². The summed E-state index contributed by atoms with van der Waals surface area (Å²) in [6.07, 6.45) is 5.30. The molecule has 2 heterocycles. The summed E-state index contributed by atoms with van der Waals surface area (Å²) in [6, 6.07) is 2.54. The van der Waals surface area contributed by atoms with Crippen molar-refractivity contribution in [3.8, 4) is 0 Å². The van der Waals surface area contributed by atoms with Gasteiger partial charge in [0.1, 0.15) is 10.7 Å². The van der Waals surface area contributed by atoms with Gasteiger partial charge in [0.05, 0.1) is 10.5 Å². The minimum atomic E-state index is 0.463. The minimum absolute atomic E-state index is 0.463. The van der Waals surface area contributed by atoms with Gasteiger partial charge in [-0.15, -0.1) is 0 Å². The van der Waals surface area contributed by atoms with Crippen molar-refractivity contribution in [3.05, 3.63) is 11.9 Å². The van der Waals surface area contributed by atoms with Gasteiger partial charge in [-0.2, -0.15) is 0 Å². The highest BCUT2D eigenvalue weighted by molar-refractivity contribution is 7.22. The summed E-state index contributed by atoms with van der Waals surface area (Å²) < 4.78 is 2.39. The van der Waals surface area contributed by atoms with Gasteiger partial charge in [-0.3, -0.25) is 0 Å². The molecule has 0 aliphatic heterocycles. The van der Waals surface area contributed by atoms with Crippen LogP contribution in [0.15, 0.2) is 6.07 Å². The molecule has 4 heteroatoms. The van der Waals surface area contributed by atoms with Crippen molar-refractivity contribution in [2.75, 3.05) is 5.73 Å². The summed E-state index contributed by atoms with van der Waals surface area (Å²) >= 11 is 1.61. The molecule has 0 atom stereocenters. The van der Waals surface area contributed by atoms with Crippen LogP contribution in [0.4, 0.5) is 5.00 Å². The average molecular weight is 249 g/mol. The molecule has 0 aromatic carbocycles. The number of rotatable bonds is 2. The van der Waals surface area contributed by atoms with E-state index in [1.807, 2.05) is 0 Å². The van der Waals surface area contributed by atoms with Crippen molar-refractivity contribution < 1.29 is 0 Å². The highest BCUT2D eigenvalue weighted by atomic mass is 32.1. The predicted octanol–water partition coefficient (Wildman–Crippen LogP) is 3.92. The molecule has 3 rings (SSSR count). The van der Waals surface area contributed by atoms with Gasteiger partial charge in [0, 0.05) is 12.0 Å². The van der Waals surface area contributed by atoms with E-state index >= 15 is 0 Å². The van der Waals surface area contributed by atoms with E-state index in [4.69, 9.17) is 10.7 Å². The Balaban J connectivity index is 2.15. The standard InChI is InChI=1S/C13H19N3S/c1-8(2)16-10-7-11(14)17-13(10)15-12(16)9-5-3-4-6-9/h7-9H,3-6,14H2,1-2H3. The maximum atomic E-state index is 5.87. The highest BCUT2D eigenvalue weighted by Gasteiger charge is 2.25. The average Bonchev–Trinajstić information content (AvgIpc) is 2.88. The molecular formula is C13H19N3S. The number of nitrogens with zero attached hydrogens (tertiary/aromatic N) is 2. The first kappa shape index (κ1) is 11.1. The monoisotopic (exact) mass is 249 g/mol. The molecule has 0 amide bonds. The smallest absolute Gasteiger partial charge is 0.143 e. The molecule has 1 saturated carbocycles. The molecule has 3 nitrogen and oxygen atoms in total. The van der Waals surface area contributed by atoms with E-state index in [-0.39, 0.29) is 0 Å². The Bertz CT molecular complexity index is 532. The van der Waals surface area contributed by atoms with Crippen molar-refractivity contribution >= 4 is 26.7 Å². The molecule has 1 aliphatic rings. The lowest BCUT2D eigenvalue weighted by Crippen LogP contribution is -2.09. The summed E-state index contributed by atoms with van der Waals surface area (Å²) in [7, 11) is 0. The van der Waals surface area contributed by atoms with Crippen molar-refractivity contribution in [1.29, 1.82) is 0 Å². The Hall–Kier alpha value is -1.03. The number of nitrogens with two attached hydrogens (primary N) is 1. The molecule has 17 heavy (non-hydrogen) atoms. The number of imidazole rings is 1. The number of nitrogen functional groups attached to an aromatic ring is 1. The molecule has 1 aliphatic carbocycles. The van der Waals surface area contributed by atoms with E-state index < -0.39 is 0 Å². The summed E-state index contributed by atoms with van der Waals surface area (Å²) in [5, 5.41) is 0.870. The summed E-state index contributed by atoms with van der Waals surface area (Å²) in [4.78, 5) is 5.95. The number of hydrogen-bond acceptors (Lipinski definition) is 3. The van der Waals surface area contributed by atoms with Crippen molar-refractivity contribution in [2.45, 2.75) is 51.5 Å². The summed E-state index contributed by atoms with van der Waals surface area (Å²) in [5.74, 6) is 1.96. The van der Waals surface area contributed by atoms with Crippen LogP contribution in [0.2, 0.25) is 0 Å². The van der Waals surface area contributed by atoms with Crippen LogP contribution in [-0.4, -0.2) is 9.55 Å². The molecule has 0 unspecified atom stereocenters. The number of thiophene rings is 1. The van der Waals surface area contributed by atoms with E-state index in [2.05, 4.69) is 24.5 Å². The lowest BCUT2D eigenvalue weighted by molar-refractivity contribution is 0.540. The molecule has 0 bridgehead atoms. The van der Waals surface area contributed by atoms with Crippen LogP contribution in [-0.2, 0) is 0 Å². The Kier molecular flexibility index (Phi) is 2.62. The van der Waals surface area contributed by atoms with Gasteiger partial charge >= 0.3 is 0 Å².